The fourth-order valence-electron chi connectivity index (χ4n) is 1.06. The predicted molar refractivity (Wildman–Crippen MR) is 75.9 cm³/mol. The molecule has 0 fully saturated rings. The number of methoxy groups -OCH3 is 1. The third kappa shape index (κ3) is 9.88. The summed E-state index contributed by atoms with van der Waals surface area (Å²) in [6, 6.07) is 8.16. The molecule has 0 aliphatic carbocycles. The van der Waals surface area contributed by atoms with Crippen molar-refractivity contribution in [1.82, 2.24) is 0 Å². The van der Waals surface area contributed by atoms with Crippen LogP contribution in [0.25, 0.3) is 0 Å². The molecule has 2 nitrogen and oxygen atoms in total. The first kappa shape index (κ1) is 18.3. The molecule has 2 heteroatoms. The molecule has 0 unspecified atom stereocenters. The summed E-state index contributed by atoms with van der Waals surface area (Å²) in [5.41, 5.74) is 1.33. The molecule has 0 N–H and O–H groups in total. The molecule has 0 atom stereocenters. The predicted octanol–water partition coefficient (Wildman–Crippen LogP) is 4.33. The summed E-state index contributed by atoms with van der Waals surface area (Å²) in [6.07, 6.45) is 1.07. The standard InChI is InChI=1S/C11H16O2.2C2H6/c1-3-10-4-6-11(7-5-10)13-9-8-12-2;2*1-2/h4-7H,3,8-9H2,1-2H3;2*1-2H3. The lowest BCUT2D eigenvalue weighted by Crippen LogP contribution is -2.03. The van der Waals surface area contributed by atoms with Gasteiger partial charge in [0.25, 0.3) is 0 Å². The fraction of sp³-hybridized carbons (Fsp3) is 0.600. The number of hydrogen-bond acceptors (Lipinski definition) is 2. The summed E-state index contributed by atoms with van der Waals surface area (Å²) in [5, 5.41) is 0. The summed E-state index contributed by atoms with van der Waals surface area (Å²) < 4.78 is 10.3. The minimum Gasteiger partial charge on any atom is -0.491 e. The highest BCUT2D eigenvalue weighted by molar-refractivity contribution is 5.27. The second-order valence-electron chi connectivity index (χ2n) is 2.84. The molecule has 1 aromatic carbocycles. The average Bonchev–Trinajstić information content (AvgIpc) is 2.44. The van der Waals surface area contributed by atoms with Crippen LogP contribution in [0.3, 0.4) is 0 Å². The third-order valence-electron chi connectivity index (χ3n) is 1.89. The first-order valence-corrected chi connectivity index (χ1v) is 6.57. The van der Waals surface area contributed by atoms with Crippen LogP contribution in [0.5, 0.6) is 5.75 Å². The van der Waals surface area contributed by atoms with Crippen LogP contribution in [0.1, 0.15) is 40.2 Å². The van der Waals surface area contributed by atoms with Gasteiger partial charge in [-0.15, -0.1) is 0 Å². The molecular formula is C15H28O2. The highest BCUT2D eigenvalue weighted by atomic mass is 16.5. The monoisotopic (exact) mass is 240 g/mol. The Morgan fingerprint density at radius 2 is 1.41 bits per heavy atom. The van der Waals surface area contributed by atoms with Crippen molar-refractivity contribution in [1.29, 1.82) is 0 Å². The summed E-state index contributed by atoms with van der Waals surface area (Å²) in [6.45, 7) is 11.4. The van der Waals surface area contributed by atoms with Gasteiger partial charge in [0.15, 0.2) is 0 Å². The Hall–Kier alpha value is -1.02. The second-order valence-corrected chi connectivity index (χ2v) is 2.84. The molecule has 0 saturated heterocycles. The first-order chi connectivity index (χ1) is 8.36. The molecule has 0 saturated carbocycles. The average molecular weight is 240 g/mol. The highest BCUT2D eigenvalue weighted by Crippen LogP contribution is 2.12. The van der Waals surface area contributed by atoms with Crippen LogP contribution in [0.4, 0.5) is 0 Å². The van der Waals surface area contributed by atoms with Crippen LogP contribution < -0.4 is 4.74 Å². The number of ether oxygens (including phenoxy) is 2. The van der Waals surface area contributed by atoms with Gasteiger partial charge in [-0.05, 0) is 24.1 Å². The molecule has 0 bridgehead atoms. The number of hydrogen-bond donors (Lipinski definition) is 0. The Kier molecular flexibility index (Phi) is 16.2. The number of rotatable bonds is 5. The molecule has 0 aromatic heterocycles. The number of aryl methyl sites for hydroxylation is 1. The van der Waals surface area contributed by atoms with Crippen LogP contribution in [-0.4, -0.2) is 20.3 Å². The van der Waals surface area contributed by atoms with E-state index in [0.717, 1.165) is 12.2 Å². The quantitative estimate of drug-likeness (QED) is 0.713. The van der Waals surface area contributed by atoms with E-state index in [0.29, 0.717) is 13.2 Å². The smallest absolute Gasteiger partial charge is 0.119 e. The molecule has 100 valence electrons. The van der Waals surface area contributed by atoms with Gasteiger partial charge in [-0.3, -0.25) is 0 Å². The van der Waals surface area contributed by atoms with E-state index in [1.165, 1.54) is 5.56 Å². The van der Waals surface area contributed by atoms with E-state index in [4.69, 9.17) is 9.47 Å². The van der Waals surface area contributed by atoms with Crippen molar-refractivity contribution >= 4 is 0 Å². The van der Waals surface area contributed by atoms with Crippen molar-refractivity contribution in [2.45, 2.75) is 41.0 Å². The molecule has 0 aliphatic heterocycles. The van der Waals surface area contributed by atoms with E-state index in [2.05, 4.69) is 19.1 Å². The van der Waals surface area contributed by atoms with Gasteiger partial charge < -0.3 is 9.47 Å². The largest absolute Gasteiger partial charge is 0.491 e. The van der Waals surface area contributed by atoms with Crippen LogP contribution in [0, 0.1) is 0 Å². The fourth-order valence-corrected chi connectivity index (χ4v) is 1.06. The van der Waals surface area contributed by atoms with Crippen molar-refractivity contribution in [2.75, 3.05) is 20.3 Å². The van der Waals surface area contributed by atoms with E-state index in [9.17, 15) is 0 Å². The Morgan fingerprint density at radius 3 is 1.82 bits per heavy atom. The lowest BCUT2D eigenvalue weighted by Gasteiger charge is -2.05. The van der Waals surface area contributed by atoms with Gasteiger partial charge in [-0.1, -0.05) is 46.8 Å². The summed E-state index contributed by atoms with van der Waals surface area (Å²) >= 11 is 0. The molecule has 17 heavy (non-hydrogen) atoms. The van der Waals surface area contributed by atoms with E-state index >= 15 is 0 Å². The summed E-state index contributed by atoms with van der Waals surface area (Å²) in [7, 11) is 1.67. The van der Waals surface area contributed by atoms with Crippen molar-refractivity contribution < 1.29 is 9.47 Å². The molecule has 0 aliphatic rings. The molecule has 0 spiro atoms. The van der Waals surface area contributed by atoms with Crippen molar-refractivity contribution in [3.8, 4) is 5.75 Å². The van der Waals surface area contributed by atoms with E-state index < -0.39 is 0 Å². The maximum Gasteiger partial charge on any atom is 0.119 e. The maximum atomic E-state index is 5.42. The number of benzene rings is 1. The van der Waals surface area contributed by atoms with E-state index in [1.807, 2.05) is 39.8 Å². The summed E-state index contributed by atoms with van der Waals surface area (Å²) in [5.74, 6) is 0.911. The Balaban J connectivity index is 0. The van der Waals surface area contributed by atoms with Gasteiger partial charge in [0, 0.05) is 7.11 Å². The maximum absolute atomic E-state index is 5.42. The van der Waals surface area contributed by atoms with Gasteiger partial charge in [0.1, 0.15) is 12.4 Å². The molecule has 0 radical (unpaired) electrons. The lowest BCUT2D eigenvalue weighted by atomic mass is 10.2. The third-order valence-corrected chi connectivity index (χ3v) is 1.89. The van der Waals surface area contributed by atoms with Gasteiger partial charge in [-0.25, -0.2) is 0 Å². The van der Waals surface area contributed by atoms with Gasteiger partial charge >= 0.3 is 0 Å². The summed E-state index contributed by atoms with van der Waals surface area (Å²) in [4.78, 5) is 0. The van der Waals surface area contributed by atoms with Crippen LogP contribution in [0.15, 0.2) is 24.3 Å². The highest BCUT2D eigenvalue weighted by Gasteiger charge is 1.93. The molecule has 1 rings (SSSR count). The second kappa shape index (κ2) is 15.0. The van der Waals surface area contributed by atoms with Crippen LogP contribution in [0.2, 0.25) is 0 Å². The lowest BCUT2D eigenvalue weighted by molar-refractivity contribution is 0.146. The Labute approximate surface area is 107 Å². The Bertz CT molecular complexity index is 229. The molecule has 0 amide bonds. The van der Waals surface area contributed by atoms with E-state index in [-0.39, 0.29) is 0 Å². The van der Waals surface area contributed by atoms with E-state index in [1.54, 1.807) is 7.11 Å². The first-order valence-electron chi connectivity index (χ1n) is 6.57. The molecule has 1 aromatic rings. The zero-order chi connectivity index (χ0) is 13.5. The minimum absolute atomic E-state index is 0.613. The van der Waals surface area contributed by atoms with Crippen LogP contribution in [-0.2, 0) is 11.2 Å². The van der Waals surface area contributed by atoms with Gasteiger partial charge in [0.05, 0.1) is 6.61 Å². The normalized spacial score (nSPS) is 8.35. The zero-order valence-electron chi connectivity index (χ0n) is 12.2. The van der Waals surface area contributed by atoms with Crippen LogP contribution >= 0.6 is 0 Å². The topological polar surface area (TPSA) is 18.5 Å². The Morgan fingerprint density at radius 1 is 0.882 bits per heavy atom. The SMILES string of the molecule is CC.CC.CCc1ccc(OCCOC)cc1. The van der Waals surface area contributed by atoms with Crippen molar-refractivity contribution in [3.05, 3.63) is 29.8 Å². The van der Waals surface area contributed by atoms with Crippen molar-refractivity contribution in [2.24, 2.45) is 0 Å². The van der Waals surface area contributed by atoms with Crippen molar-refractivity contribution in [3.63, 3.8) is 0 Å². The van der Waals surface area contributed by atoms with Gasteiger partial charge in [-0.2, -0.15) is 0 Å². The van der Waals surface area contributed by atoms with Gasteiger partial charge in [0.2, 0.25) is 0 Å². The molecule has 0 heterocycles. The zero-order valence-corrected chi connectivity index (χ0v) is 12.2. The minimum atomic E-state index is 0.613. The molecular weight excluding hydrogens is 212 g/mol.